The van der Waals surface area contributed by atoms with Gasteiger partial charge in [0.25, 0.3) is 0 Å². The molecule has 0 aromatic heterocycles. The standard InChI is InChI=1S/C12H21NO3/c1-9(2)8-16-11(15)7-6-10(14)13-12(3,4)5/h6-7,9H,8H2,1-5H3,(H,13,14)/b7-6-. The van der Waals surface area contributed by atoms with Crippen molar-refractivity contribution in [3.05, 3.63) is 12.2 Å². The van der Waals surface area contributed by atoms with Gasteiger partial charge >= 0.3 is 5.97 Å². The maximum atomic E-state index is 11.3. The maximum Gasteiger partial charge on any atom is 0.330 e. The van der Waals surface area contributed by atoms with Crippen molar-refractivity contribution in [2.45, 2.75) is 40.2 Å². The molecular formula is C12H21NO3. The number of amides is 1. The van der Waals surface area contributed by atoms with Crippen LogP contribution >= 0.6 is 0 Å². The SMILES string of the molecule is CC(C)COC(=O)/C=C\C(=O)NC(C)(C)C. The molecule has 0 aliphatic rings. The Balaban J connectivity index is 3.99. The number of hydrogen-bond donors (Lipinski definition) is 1. The maximum absolute atomic E-state index is 11.3. The predicted octanol–water partition coefficient (Wildman–Crippen LogP) is 1.66. The number of esters is 1. The lowest BCUT2D eigenvalue weighted by Gasteiger charge is -2.18. The van der Waals surface area contributed by atoms with Crippen molar-refractivity contribution in [3.63, 3.8) is 0 Å². The van der Waals surface area contributed by atoms with Gasteiger partial charge in [0, 0.05) is 17.7 Å². The summed E-state index contributed by atoms with van der Waals surface area (Å²) in [7, 11) is 0. The normalized spacial score (nSPS) is 11.9. The number of carbonyl (C=O) groups is 2. The Labute approximate surface area is 97.1 Å². The highest BCUT2D eigenvalue weighted by Gasteiger charge is 2.11. The molecule has 0 atom stereocenters. The Morgan fingerprint density at radius 2 is 1.81 bits per heavy atom. The number of ether oxygens (including phenoxy) is 1. The van der Waals surface area contributed by atoms with Gasteiger partial charge in [-0.15, -0.1) is 0 Å². The van der Waals surface area contributed by atoms with E-state index < -0.39 is 5.97 Å². The molecule has 1 amide bonds. The van der Waals surface area contributed by atoms with Crippen molar-refractivity contribution in [2.75, 3.05) is 6.61 Å². The van der Waals surface area contributed by atoms with Crippen LogP contribution in [0, 0.1) is 5.92 Å². The summed E-state index contributed by atoms with van der Waals surface area (Å²) in [6.07, 6.45) is 2.33. The zero-order valence-corrected chi connectivity index (χ0v) is 10.7. The molecule has 0 aliphatic heterocycles. The highest BCUT2D eigenvalue weighted by molar-refractivity contribution is 5.94. The second-order valence-electron chi connectivity index (χ2n) is 5.10. The lowest BCUT2D eigenvalue weighted by atomic mass is 10.1. The summed E-state index contributed by atoms with van der Waals surface area (Å²) in [4.78, 5) is 22.4. The molecule has 16 heavy (non-hydrogen) atoms. The molecule has 4 heteroatoms. The number of rotatable bonds is 4. The third-order valence-corrected chi connectivity index (χ3v) is 1.43. The lowest BCUT2D eigenvalue weighted by Crippen LogP contribution is -2.39. The fraction of sp³-hybridized carbons (Fsp3) is 0.667. The Kier molecular flexibility index (Phi) is 5.78. The van der Waals surface area contributed by atoms with Gasteiger partial charge in [-0.3, -0.25) is 4.79 Å². The van der Waals surface area contributed by atoms with Crippen LogP contribution in [0.15, 0.2) is 12.2 Å². The molecule has 0 unspecified atom stereocenters. The van der Waals surface area contributed by atoms with Crippen molar-refractivity contribution in [1.29, 1.82) is 0 Å². The van der Waals surface area contributed by atoms with E-state index in [4.69, 9.17) is 4.74 Å². The minimum atomic E-state index is -0.488. The molecule has 0 aliphatic carbocycles. The second kappa shape index (κ2) is 6.30. The van der Waals surface area contributed by atoms with Gasteiger partial charge in [-0.1, -0.05) is 13.8 Å². The van der Waals surface area contributed by atoms with Gasteiger partial charge in [-0.25, -0.2) is 4.79 Å². The summed E-state index contributed by atoms with van der Waals surface area (Å²) in [5.74, 6) is -0.493. The Morgan fingerprint density at radius 1 is 1.25 bits per heavy atom. The molecule has 0 rings (SSSR count). The fourth-order valence-electron chi connectivity index (χ4n) is 0.852. The van der Waals surface area contributed by atoms with Crippen LogP contribution in [0.3, 0.4) is 0 Å². The van der Waals surface area contributed by atoms with Crippen LogP contribution in [0.4, 0.5) is 0 Å². The van der Waals surface area contributed by atoms with Gasteiger partial charge in [0.15, 0.2) is 0 Å². The summed E-state index contributed by atoms with van der Waals surface area (Å²) in [5, 5.41) is 2.71. The summed E-state index contributed by atoms with van der Waals surface area (Å²) in [6, 6.07) is 0. The Morgan fingerprint density at radius 3 is 2.25 bits per heavy atom. The van der Waals surface area contributed by atoms with Crippen molar-refractivity contribution in [3.8, 4) is 0 Å². The number of nitrogens with one attached hydrogen (secondary N) is 1. The third kappa shape index (κ3) is 9.24. The van der Waals surface area contributed by atoms with E-state index in [2.05, 4.69) is 5.32 Å². The van der Waals surface area contributed by atoms with Crippen LogP contribution in [-0.4, -0.2) is 24.0 Å². The topological polar surface area (TPSA) is 55.4 Å². The quantitative estimate of drug-likeness (QED) is 0.587. The van der Waals surface area contributed by atoms with Crippen molar-refractivity contribution in [1.82, 2.24) is 5.32 Å². The Bertz CT molecular complexity index is 274. The van der Waals surface area contributed by atoms with Gasteiger partial charge in [-0.2, -0.15) is 0 Å². The zero-order chi connectivity index (χ0) is 12.8. The van der Waals surface area contributed by atoms with E-state index >= 15 is 0 Å². The zero-order valence-electron chi connectivity index (χ0n) is 10.7. The second-order valence-corrected chi connectivity index (χ2v) is 5.10. The van der Waals surface area contributed by atoms with Gasteiger partial charge < -0.3 is 10.1 Å². The monoisotopic (exact) mass is 227 g/mol. The summed E-state index contributed by atoms with van der Waals surface area (Å²) in [6.45, 7) is 9.87. The molecule has 92 valence electrons. The minimum Gasteiger partial charge on any atom is -0.462 e. The molecule has 1 N–H and O–H groups in total. The van der Waals surface area contributed by atoms with Gasteiger partial charge in [-0.05, 0) is 26.7 Å². The molecule has 0 radical (unpaired) electrons. The fourth-order valence-corrected chi connectivity index (χ4v) is 0.852. The highest BCUT2D eigenvalue weighted by Crippen LogP contribution is 1.98. The van der Waals surface area contributed by atoms with Crippen LogP contribution < -0.4 is 5.32 Å². The molecule has 0 aromatic rings. The predicted molar refractivity (Wildman–Crippen MR) is 62.8 cm³/mol. The molecule has 0 bridgehead atoms. The van der Waals surface area contributed by atoms with E-state index in [0.29, 0.717) is 12.5 Å². The molecule has 0 aromatic carbocycles. The van der Waals surface area contributed by atoms with E-state index in [1.54, 1.807) is 0 Å². The Hall–Kier alpha value is -1.32. The highest BCUT2D eigenvalue weighted by atomic mass is 16.5. The van der Waals surface area contributed by atoms with E-state index in [-0.39, 0.29) is 11.4 Å². The van der Waals surface area contributed by atoms with Crippen LogP contribution in [0.1, 0.15) is 34.6 Å². The molecular weight excluding hydrogens is 206 g/mol. The first-order valence-electron chi connectivity index (χ1n) is 5.37. The van der Waals surface area contributed by atoms with Crippen molar-refractivity contribution in [2.24, 2.45) is 5.92 Å². The smallest absolute Gasteiger partial charge is 0.330 e. The van der Waals surface area contributed by atoms with E-state index in [1.807, 2.05) is 34.6 Å². The van der Waals surface area contributed by atoms with E-state index in [0.717, 1.165) is 6.08 Å². The first-order valence-corrected chi connectivity index (χ1v) is 5.37. The van der Waals surface area contributed by atoms with E-state index in [1.165, 1.54) is 6.08 Å². The van der Waals surface area contributed by atoms with Gasteiger partial charge in [0.2, 0.25) is 5.91 Å². The summed E-state index contributed by atoms with van der Waals surface area (Å²) >= 11 is 0. The van der Waals surface area contributed by atoms with Crippen molar-refractivity contribution < 1.29 is 14.3 Å². The molecule has 4 nitrogen and oxygen atoms in total. The van der Waals surface area contributed by atoms with Crippen LogP contribution in [0.25, 0.3) is 0 Å². The molecule has 0 heterocycles. The average molecular weight is 227 g/mol. The number of carbonyl (C=O) groups excluding carboxylic acids is 2. The average Bonchev–Trinajstić information content (AvgIpc) is 2.08. The van der Waals surface area contributed by atoms with Crippen molar-refractivity contribution >= 4 is 11.9 Å². The van der Waals surface area contributed by atoms with Gasteiger partial charge in [0.1, 0.15) is 0 Å². The first kappa shape index (κ1) is 14.7. The van der Waals surface area contributed by atoms with Crippen LogP contribution in [0.5, 0.6) is 0 Å². The third-order valence-electron chi connectivity index (χ3n) is 1.43. The first-order chi connectivity index (χ1) is 7.20. The summed E-state index contributed by atoms with van der Waals surface area (Å²) < 4.78 is 4.88. The van der Waals surface area contributed by atoms with Crippen LogP contribution in [-0.2, 0) is 14.3 Å². The van der Waals surface area contributed by atoms with E-state index in [9.17, 15) is 9.59 Å². The minimum absolute atomic E-state index is 0.292. The lowest BCUT2D eigenvalue weighted by molar-refractivity contribution is -0.139. The summed E-state index contributed by atoms with van der Waals surface area (Å²) in [5.41, 5.74) is -0.302. The molecule has 0 fully saturated rings. The largest absolute Gasteiger partial charge is 0.462 e. The van der Waals surface area contributed by atoms with Crippen LogP contribution in [0.2, 0.25) is 0 Å². The molecule has 0 saturated carbocycles. The molecule has 0 spiro atoms. The number of hydrogen-bond acceptors (Lipinski definition) is 3. The molecule has 0 saturated heterocycles. The van der Waals surface area contributed by atoms with Gasteiger partial charge in [0.05, 0.1) is 6.61 Å².